The van der Waals surface area contributed by atoms with E-state index in [-0.39, 0.29) is 0 Å². The molecule has 10 heavy (non-hydrogen) atoms. The van der Waals surface area contributed by atoms with Gasteiger partial charge in [0.25, 0.3) is 0 Å². The van der Waals surface area contributed by atoms with Gasteiger partial charge in [-0.15, -0.1) is 9.24 Å². The molecule has 1 unspecified atom stereocenters. The van der Waals surface area contributed by atoms with Crippen molar-refractivity contribution in [1.29, 1.82) is 0 Å². The minimum absolute atomic E-state index is 0.338. The Hall–Kier alpha value is 0.390. The van der Waals surface area contributed by atoms with Crippen LogP contribution in [-0.2, 0) is 0 Å². The average molecular weight is 162 g/mol. The van der Waals surface area contributed by atoms with Gasteiger partial charge in [-0.1, -0.05) is 27.7 Å². The second kappa shape index (κ2) is 3.69. The van der Waals surface area contributed by atoms with E-state index in [0.29, 0.717) is 11.8 Å². The highest BCUT2D eigenvalue weighted by atomic mass is 31.0. The number of aliphatic hydroxyl groups is 1. The van der Waals surface area contributed by atoms with Gasteiger partial charge in [-0.3, -0.25) is 0 Å². The summed E-state index contributed by atoms with van der Waals surface area (Å²) >= 11 is 0. The lowest BCUT2D eigenvalue weighted by Gasteiger charge is -2.34. The van der Waals surface area contributed by atoms with E-state index < -0.39 is 5.60 Å². The SMILES string of the molecule is CC(C)C(O)(CP)C(C)C. The van der Waals surface area contributed by atoms with Crippen molar-refractivity contribution in [3.63, 3.8) is 0 Å². The first-order valence-corrected chi connectivity index (χ1v) is 4.69. The molecule has 0 radical (unpaired) electrons. The van der Waals surface area contributed by atoms with Gasteiger partial charge in [0.15, 0.2) is 0 Å². The summed E-state index contributed by atoms with van der Waals surface area (Å²) in [5.74, 6) is 0.676. The van der Waals surface area contributed by atoms with E-state index in [2.05, 4.69) is 36.9 Å². The van der Waals surface area contributed by atoms with Crippen molar-refractivity contribution in [2.45, 2.75) is 33.3 Å². The third-order valence-corrected chi connectivity index (χ3v) is 2.98. The van der Waals surface area contributed by atoms with Gasteiger partial charge in [-0.25, -0.2) is 0 Å². The van der Waals surface area contributed by atoms with Crippen LogP contribution in [0.15, 0.2) is 0 Å². The highest BCUT2D eigenvalue weighted by Gasteiger charge is 2.32. The molecule has 0 aliphatic carbocycles. The first-order valence-electron chi connectivity index (χ1n) is 3.87. The minimum Gasteiger partial charge on any atom is -0.389 e. The maximum absolute atomic E-state index is 9.95. The van der Waals surface area contributed by atoms with E-state index in [0.717, 1.165) is 6.16 Å². The summed E-state index contributed by atoms with van der Waals surface area (Å²) < 4.78 is 0. The van der Waals surface area contributed by atoms with Crippen LogP contribution in [0.4, 0.5) is 0 Å². The van der Waals surface area contributed by atoms with Gasteiger partial charge in [0.2, 0.25) is 0 Å². The second-order valence-corrected chi connectivity index (χ2v) is 3.91. The first-order chi connectivity index (χ1) is 4.45. The average Bonchev–Trinajstić information content (AvgIpc) is 1.85. The van der Waals surface area contributed by atoms with Crippen LogP contribution in [0.2, 0.25) is 0 Å². The maximum atomic E-state index is 9.95. The van der Waals surface area contributed by atoms with E-state index in [1.807, 2.05) is 0 Å². The molecule has 62 valence electrons. The van der Waals surface area contributed by atoms with Crippen molar-refractivity contribution in [2.75, 3.05) is 6.16 Å². The normalized spacial score (nSPS) is 13.2. The van der Waals surface area contributed by atoms with Crippen molar-refractivity contribution in [3.05, 3.63) is 0 Å². The molecule has 1 atom stereocenters. The van der Waals surface area contributed by atoms with E-state index in [4.69, 9.17) is 0 Å². The van der Waals surface area contributed by atoms with E-state index in [1.165, 1.54) is 0 Å². The van der Waals surface area contributed by atoms with Crippen LogP contribution >= 0.6 is 9.24 Å². The van der Waals surface area contributed by atoms with Crippen molar-refractivity contribution < 1.29 is 5.11 Å². The molecule has 0 heterocycles. The summed E-state index contributed by atoms with van der Waals surface area (Å²) in [5.41, 5.74) is -0.495. The zero-order valence-electron chi connectivity index (χ0n) is 7.39. The van der Waals surface area contributed by atoms with E-state index >= 15 is 0 Å². The molecule has 0 saturated carbocycles. The van der Waals surface area contributed by atoms with Crippen molar-refractivity contribution in [2.24, 2.45) is 11.8 Å². The molecule has 0 aliphatic rings. The maximum Gasteiger partial charge on any atom is 0.0727 e. The number of rotatable bonds is 3. The Kier molecular flexibility index (Phi) is 3.83. The molecule has 2 heteroatoms. The van der Waals surface area contributed by atoms with E-state index in [1.54, 1.807) is 0 Å². The molecule has 0 rings (SSSR count). The van der Waals surface area contributed by atoms with Crippen LogP contribution in [0.25, 0.3) is 0 Å². The Bertz CT molecular complexity index is 91.4. The summed E-state index contributed by atoms with van der Waals surface area (Å²) in [7, 11) is 2.61. The minimum atomic E-state index is -0.495. The largest absolute Gasteiger partial charge is 0.389 e. The standard InChI is InChI=1S/C8H19OP/c1-6(2)8(9,5-10)7(3)4/h6-7,9H,5,10H2,1-4H3. The number of hydrogen-bond donors (Lipinski definition) is 1. The molecule has 0 aromatic heterocycles. The fourth-order valence-corrected chi connectivity index (χ4v) is 2.08. The van der Waals surface area contributed by atoms with Gasteiger partial charge < -0.3 is 5.11 Å². The zero-order chi connectivity index (χ0) is 8.36. The lowest BCUT2D eigenvalue weighted by molar-refractivity contribution is -0.0244. The fraction of sp³-hybridized carbons (Fsp3) is 1.00. The van der Waals surface area contributed by atoms with Gasteiger partial charge in [0.1, 0.15) is 0 Å². The van der Waals surface area contributed by atoms with Gasteiger partial charge in [0.05, 0.1) is 5.60 Å². The first kappa shape index (κ1) is 10.4. The molecule has 0 aromatic carbocycles. The monoisotopic (exact) mass is 162 g/mol. The molecule has 0 aromatic rings. The molecule has 0 bridgehead atoms. The van der Waals surface area contributed by atoms with Gasteiger partial charge >= 0.3 is 0 Å². The Labute approximate surface area is 66.4 Å². The molecule has 1 nitrogen and oxygen atoms in total. The van der Waals surface area contributed by atoms with Crippen molar-refractivity contribution >= 4 is 9.24 Å². The summed E-state index contributed by atoms with van der Waals surface area (Å²) in [6.45, 7) is 8.24. The summed E-state index contributed by atoms with van der Waals surface area (Å²) in [4.78, 5) is 0. The summed E-state index contributed by atoms with van der Waals surface area (Å²) in [6.07, 6.45) is 0.766. The Morgan fingerprint density at radius 3 is 1.50 bits per heavy atom. The van der Waals surface area contributed by atoms with Gasteiger partial charge in [-0.05, 0) is 18.0 Å². The smallest absolute Gasteiger partial charge is 0.0727 e. The predicted octanol–water partition coefficient (Wildman–Crippen LogP) is 1.90. The van der Waals surface area contributed by atoms with Crippen LogP contribution in [0.3, 0.4) is 0 Å². The second-order valence-electron chi connectivity index (χ2n) is 3.50. The molecule has 1 N–H and O–H groups in total. The van der Waals surface area contributed by atoms with Crippen LogP contribution < -0.4 is 0 Å². The van der Waals surface area contributed by atoms with Gasteiger partial charge in [-0.2, -0.15) is 0 Å². The summed E-state index contributed by atoms with van der Waals surface area (Å²) in [6, 6.07) is 0. The van der Waals surface area contributed by atoms with Crippen LogP contribution in [-0.4, -0.2) is 16.9 Å². The highest BCUT2D eigenvalue weighted by Crippen LogP contribution is 2.27. The third-order valence-electron chi connectivity index (χ3n) is 2.33. The van der Waals surface area contributed by atoms with Crippen molar-refractivity contribution in [1.82, 2.24) is 0 Å². The topological polar surface area (TPSA) is 20.2 Å². The molecule has 0 saturated heterocycles. The van der Waals surface area contributed by atoms with Gasteiger partial charge in [0, 0.05) is 0 Å². The van der Waals surface area contributed by atoms with Crippen LogP contribution in [0.5, 0.6) is 0 Å². The Balaban J connectivity index is 4.23. The Morgan fingerprint density at radius 2 is 1.50 bits per heavy atom. The fourth-order valence-electron chi connectivity index (χ4n) is 1.14. The number of hydrogen-bond acceptors (Lipinski definition) is 1. The lowest BCUT2D eigenvalue weighted by Crippen LogP contribution is -2.42. The molecular weight excluding hydrogens is 143 g/mol. The molecule has 0 spiro atoms. The van der Waals surface area contributed by atoms with Crippen LogP contribution in [0.1, 0.15) is 27.7 Å². The third kappa shape index (κ3) is 1.93. The molecule has 0 amide bonds. The van der Waals surface area contributed by atoms with E-state index in [9.17, 15) is 5.11 Å². The Morgan fingerprint density at radius 1 is 1.20 bits per heavy atom. The highest BCUT2D eigenvalue weighted by molar-refractivity contribution is 7.16. The quantitative estimate of drug-likeness (QED) is 0.628. The lowest BCUT2D eigenvalue weighted by atomic mass is 9.82. The predicted molar refractivity (Wildman–Crippen MR) is 49.2 cm³/mol. The molecule has 0 fully saturated rings. The molecular formula is C8H19OP. The van der Waals surface area contributed by atoms with Crippen LogP contribution in [0, 0.1) is 11.8 Å². The van der Waals surface area contributed by atoms with Crippen molar-refractivity contribution in [3.8, 4) is 0 Å². The zero-order valence-corrected chi connectivity index (χ0v) is 8.54. The molecule has 0 aliphatic heterocycles. The summed E-state index contributed by atoms with van der Waals surface area (Å²) in [5, 5.41) is 9.95.